The van der Waals surface area contributed by atoms with Crippen LogP contribution in [0.25, 0.3) is 0 Å². The first-order chi connectivity index (χ1) is 7.46. The topological polar surface area (TPSA) is 109 Å². The lowest BCUT2D eigenvalue weighted by molar-refractivity contribution is -0.141. The Morgan fingerprint density at radius 3 is 2.06 bits per heavy atom. The van der Waals surface area contributed by atoms with E-state index < -0.39 is 43.3 Å². The molecule has 7 nitrogen and oxygen atoms in total. The lowest BCUT2D eigenvalue weighted by Crippen LogP contribution is -2.36. The minimum absolute atomic E-state index is 0.179. The van der Waals surface area contributed by atoms with Crippen LogP contribution in [0.1, 0.15) is 6.92 Å². The van der Waals surface area contributed by atoms with Gasteiger partial charge in [0, 0.05) is 19.8 Å². The molecule has 0 spiro atoms. The van der Waals surface area contributed by atoms with Crippen LogP contribution in [0, 0.1) is 5.92 Å². The van der Waals surface area contributed by atoms with Gasteiger partial charge in [-0.05, 0) is 0 Å². The van der Waals surface area contributed by atoms with Gasteiger partial charge in [0.05, 0.1) is 17.4 Å². The maximum absolute atomic E-state index is 11.6. The molecule has 17 heavy (non-hydrogen) atoms. The van der Waals surface area contributed by atoms with Crippen LogP contribution in [-0.4, -0.2) is 63.6 Å². The van der Waals surface area contributed by atoms with Crippen LogP contribution in [0.4, 0.5) is 0 Å². The molecule has 1 atom stereocenters. The SMILES string of the molecule is CC(CN(C)S(=O)(=O)CCS(C)(=O)=O)C(=O)O. The van der Waals surface area contributed by atoms with E-state index in [0.717, 1.165) is 10.6 Å². The van der Waals surface area contributed by atoms with Gasteiger partial charge in [0.15, 0.2) is 0 Å². The average molecular weight is 287 g/mol. The predicted molar refractivity (Wildman–Crippen MR) is 62.9 cm³/mol. The third-order valence-corrected chi connectivity index (χ3v) is 5.16. The summed E-state index contributed by atoms with van der Waals surface area (Å²) in [5.41, 5.74) is 0. The van der Waals surface area contributed by atoms with Gasteiger partial charge >= 0.3 is 5.97 Å². The quantitative estimate of drug-likeness (QED) is 0.644. The molecule has 1 unspecified atom stereocenters. The van der Waals surface area contributed by atoms with Gasteiger partial charge in [0.25, 0.3) is 0 Å². The molecule has 0 aromatic rings. The minimum atomic E-state index is -3.73. The fraction of sp³-hybridized carbons (Fsp3) is 0.875. The average Bonchev–Trinajstić information content (AvgIpc) is 2.13. The second kappa shape index (κ2) is 5.78. The molecule has 0 aliphatic rings. The van der Waals surface area contributed by atoms with Gasteiger partial charge in [-0.25, -0.2) is 21.1 Å². The number of carboxylic acids is 1. The Bertz CT molecular complexity index is 466. The molecule has 0 heterocycles. The number of hydrogen-bond acceptors (Lipinski definition) is 5. The zero-order valence-electron chi connectivity index (χ0n) is 9.95. The van der Waals surface area contributed by atoms with E-state index in [1.54, 1.807) is 0 Å². The number of carboxylic acid groups (broad SMARTS) is 1. The summed E-state index contributed by atoms with van der Waals surface area (Å²) in [5.74, 6) is -2.95. The van der Waals surface area contributed by atoms with Crippen molar-refractivity contribution in [2.24, 2.45) is 5.92 Å². The summed E-state index contributed by atoms with van der Waals surface area (Å²) in [7, 11) is -5.86. The number of sulfone groups is 1. The van der Waals surface area contributed by atoms with Gasteiger partial charge in [0.2, 0.25) is 10.0 Å². The summed E-state index contributed by atoms with van der Waals surface area (Å²) >= 11 is 0. The molecule has 0 aliphatic carbocycles. The first-order valence-electron chi connectivity index (χ1n) is 4.80. The molecule has 102 valence electrons. The van der Waals surface area contributed by atoms with E-state index in [9.17, 15) is 21.6 Å². The summed E-state index contributed by atoms with van der Waals surface area (Å²) in [6, 6.07) is 0. The van der Waals surface area contributed by atoms with Crippen LogP contribution in [0.3, 0.4) is 0 Å². The molecule has 0 rings (SSSR count). The van der Waals surface area contributed by atoms with Crippen molar-refractivity contribution < 1.29 is 26.7 Å². The van der Waals surface area contributed by atoms with E-state index in [2.05, 4.69) is 0 Å². The summed E-state index contributed by atoms with van der Waals surface area (Å²) in [5, 5.41) is 8.64. The van der Waals surface area contributed by atoms with Crippen molar-refractivity contribution in [1.82, 2.24) is 4.31 Å². The number of sulfonamides is 1. The molecule has 0 bridgehead atoms. The Morgan fingerprint density at radius 1 is 1.24 bits per heavy atom. The second-order valence-electron chi connectivity index (χ2n) is 3.97. The van der Waals surface area contributed by atoms with E-state index in [-0.39, 0.29) is 6.54 Å². The first-order valence-corrected chi connectivity index (χ1v) is 8.47. The van der Waals surface area contributed by atoms with Crippen LogP contribution in [0.5, 0.6) is 0 Å². The first kappa shape index (κ1) is 16.3. The highest BCUT2D eigenvalue weighted by molar-refractivity contribution is 7.93. The molecule has 0 saturated carbocycles. The number of aliphatic carboxylic acids is 1. The van der Waals surface area contributed by atoms with E-state index in [4.69, 9.17) is 5.11 Å². The van der Waals surface area contributed by atoms with Crippen LogP contribution in [0.15, 0.2) is 0 Å². The molecule has 0 radical (unpaired) electrons. The molecule has 0 fully saturated rings. The van der Waals surface area contributed by atoms with Gasteiger partial charge in [0.1, 0.15) is 9.84 Å². The summed E-state index contributed by atoms with van der Waals surface area (Å²) in [6.07, 6.45) is 0.947. The normalized spacial score (nSPS) is 14.8. The fourth-order valence-electron chi connectivity index (χ4n) is 0.990. The van der Waals surface area contributed by atoms with E-state index in [1.807, 2.05) is 0 Å². The number of rotatable bonds is 7. The highest BCUT2D eigenvalue weighted by Gasteiger charge is 2.23. The van der Waals surface area contributed by atoms with Crippen molar-refractivity contribution in [3.63, 3.8) is 0 Å². The van der Waals surface area contributed by atoms with Crippen molar-refractivity contribution in [2.45, 2.75) is 6.92 Å². The number of hydrogen-bond donors (Lipinski definition) is 1. The van der Waals surface area contributed by atoms with Crippen molar-refractivity contribution in [3.8, 4) is 0 Å². The summed E-state index contributed by atoms with van der Waals surface area (Å²) in [4.78, 5) is 10.6. The lowest BCUT2D eigenvalue weighted by Gasteiger charge is -2.18. The second-order valence-corrected chi connectivity index (χ2v) is 8.42. The Balaban J connectivity index is 4.56. The van der Waals surface area contributed by atoms with Gasteiger partial charge in [-0.15, -0.1) is 0 Å². The highest BCUT2D eigenvalue weighted by Crippen LogP contribution is 2.05. The van der Waals surface area contributed by atoms with Gasteiger partial charge in [-0.3, -0.25) is 4.79 Å². The summed E-state index contributed by atoms with van der Waals surface area (Å²) in [6.45, 7) is 1.20. The largest absolute Gasteiger partial charge is 0.481 e. The number of nitrogens with zero attached hydrogens (tertiary/aromatic N) is 1. The Morgan fingerprint density at radius 2 is 1.71 bits per heavy atom. The van der Waals surface area contributed by atoms with Crippen molar-refractivity contribution >= 4 is 25.8 Å². The van der Waals surface area contributed by atoms with Crippen LogP contribution >= 0.6 is 0 Å². The minimum Gasteiger partial charge on any atom is -0.481 e. The van der Waals surface area contributed by atoms with Crippen LogP contribution < -0.4 is 0 Å². The van der Waals surface area contributed by atoms with Gasteiger partial charge < -0.3 is 5.11 Å². The molecule has 0 aromatic heterocycles. The zero-order valence-corrected chi connectivity index (χ0v) is 11.6. The van der Waals surface area contributed by atoms with Crippen LogP contribution in [-0.2, 0) is 24.7 Å². The molecule has 0 aliphatic heterocycles. The molecule has 1 N–H and O–H groups in total. The Labute approximate surface area is 101 Å². The lowest BCUT2D eigenvalue weighted by atomic mass is 10.2. The third-order valence-electron chi connectivity index (χ3n) is 2.14. The third kappa shape index (κ3) is 6.59. The molecule has 0 saturated heterocycles. The standard InChI is InChI=1S/C8H17NO6S2/c1-7(8(10)11)6-9(2)17(14,15)5-4-16(3,12)13/h7H,4-6H2,1-3H3,(H,10,11). The highest BCUT2D eigenvalue weighted by atomic mass is 32.2. The van der Waals surface area contributed by atoms with E-state index in [0.29, 0.717) is 0 Å². The van der Waals surface area contributed by atoms with Crippen molar-refractivity contribution in [1.29, 1.82) is 0 Å². The molecule has 0 amide bonds. The summed E-state index contributed by atoms with van der Waals surface area (Å²) < 4.78 is 45.8. The van der Waals surface area contributed by atoms with E-state index in [1.165, 1.54) is 14.0 Å². The van der Waals surface area contributed by atoms with Crippen molar-refractivity contribution in [3.05, 3.63) is 0 Å². The predicted octanol–water partition coefficient (Wildman–Crippen LogP) is -0.987. The van der Waals surface area contributed by atoms with Crippen LogP contribution in [0.2, 0.25) is 0 Å². The Hall–Kier alpha value is -0.670. The molecular weight excluding hydrogens is 270 g/mol. The molecular formula is C8H17NO6S2. The van der Waals surface area contributed by atoms with Gasteiger partial charge in [-0.2, -0.15) is 0 Å². The zero-order chi connectivity index (χ0) is 13.9. The Kier molecular flexibility index (Phi) is 5.56. The number of carbonyl (C=O) groups is 1. The van der Waals surface area contributed by atoms with Gasteiger partial charge in [-0.1, -0.05) is 6.92 Å². The maximum atomic E-state index is 11.6. The maximum Gasteiger partial charge on any atom is 0.307 e. The van der Waals surface area contributed by atoms with E-state index >= 15 is 0 Å². The smallest absolute Gasteiger partial charge is 0.307 e. The monoisotopic (exact) mass is 287 g/mol. The molecule has 0 aromatic carbocycles. The molecule has 9 heteroatoms. The fourth-order valence-corrected chi connectivity index (χ4v) is 3.81. The van der Waals surface area contributed by atoms with Crippen molar-refractivity contribution in [2.75, 3.05) is 31.4 Å².